The molecule has 7 nitrogen and oxygen atoms in total. The van der Waals surface area contributed by atoms with Crippen molar-refractivity contribution in [1.29, 1.82) is 0 Å². The van der Waals surface area contributed by atoms with Gasteiger partial charge in [-0.15, -0.1) is 0 Å². The molecule has 0 aromatic heterocycles. The van der Waals surface area contributed by atoms with Crippen LogP contribution in [0.5, 0.6) is 0 Å². The first-order valence-corrected chi connectivity index (χ1v) is 11.0. The van der Waals surface area contributed by atoms with Crippen molar-refractivity contribution in [3.05, 3.63) is 66.2 Å². The Morgan fingerprint density at radius 1 is 0.967 bits per heavy atom. The van der Waals surface area contributed by atoms with E-state index in [1.54, 1.807) is 48.5 Å². The van der Waals surface area contributed by atoms with Crippen LogP contribution >= 0.6 is 0 Å². The Balaban J connectivity index is 1.87. The monoisotopic (exact) mass is 432 g/mol. The molecule has 0 spiro atoms. The number of carbonyl (C=O) groups is 2. The van der Waals surface area contributed by atoms with Crippen molar-refractivity contribution < 1.29 is 31.7 Å². The lowest BCUT2D eigenvalue weighted by Gasteiger charge is -2.39. The van der Waals surface area contributed by atoms with Crippen molar-refractivity contribution in [2.45, 2.75) is 42.8 Å². The van der Waals surface area contributed by atoms with Gasteiger partial charge in [0.2, 0.25) is 0 Å². The second-order valence-electron chi connectivity index (χ2n) is 7.48. The van der Waals surface area contributed by atoms with Gasteiger partial charge in [-0.2, -0.15) is 8.42 Å². The summed E-state index contributed by atoms with van der Waals surface area (Å²) in [6.45, 7) is 1.85. The van der Waals surface area contributed by atoms with E-state index in [2.05, 4.69) is 0 Å². The number of esters is 2. The standard InChI is InChI=1S/C22H24O7S/c1-16-13-18(28-20(23)17-9-5-3-6-10-17)15-22(14-16,21(24)27-2)29-30(25,26)19-11-7-4-8-12-19/h3-12,16,18H,13-15H2,1-2H3/t16-,18+,22-/m1/s1. The summed E-state index contributed by atoms with van der Waals surface area (Å²) in [5, 5.41) is 0. The third-order valence-corrected chi connectivity index (χ3v) is 6.43. The molecule has 2 aromatic rings. The van der Waals surface area contributed by atoms with E-state index in [4.69, 9.17) is 13.7 Å². The van der Waals surface area contributed by atoms with E-state index in [-0.39, 0.29) is 23.7 Å². The normalized spacial score (nSPS) is 24.1. The van der Waals surface area contributed by atoms with E-state index < -0.39 is 33.8 Å². The average Bonchev–Trinajstić information content (AvgIpc) is 2.73. The Bertz CT molecular complexity index is 989. The van der Waals surface area contributed by atoms with Crippen LogP contribution < -0.4 is 0 Å². The zero-order chi connectivity index (χ0) is 21.8. The summed E-state index contributed by atoms with van der Waals surface area (Å²) in [5.74, 6) is -1.49. The largest absolute Gasteiger partial charge is 0.467 e. The molecule has 1 aliphatic carbocycles. The molecule has 2 aromatic carbocycles. The van der Waals surface area contributed by atoms with Gasteiger partial charge in [0.05, 0.1) is 17.6 Å². The molecule has 0 amide bonds. The van der Waals surface area contributed by atoms with Gasteiger partial charge in [-0.1, -0.05) is 43.3 Å². The Labute approximate surface area is 176 Å². The molecule has 3 atom stereocenters. The molecular weight excluding hydrogens is 408 g/mol. The average molecular weight is 432 g/mol. The van der Waals surface area contributed by atoms with Gasteiger partial charge >= 0.3 is 11.9 Å². The summed E-state index contributed by atoms with van der Waals surface area (Å²) in [5.41, 5.74) is -1.40. The molecule has 1 aliphatic rings. The van der Waals surface area contributed by atoms with E-state index >= 15 is 0 Å². The van der Waals surface area contributed by atoms with Gasteiger partial charge in [0.1, 0.15) is 6.10 Å². The molecule has 0 radical (unpaired) electrons. The van der Waals surface area contributed by atoms with E-state index in [0.717, 1.165) is 0 Å². The van der Waals surface area contributed by atoms with Crippen LogP contribution in [0.25, 0.3) is 0 Å². The SMILES string of the molecule is COC(=O)[C@@]1(OS(=O)(=O)c2ccccc2)C[C@H](C)C[C@H](OC(=O)c2ccccc2)C1. The molecule has 1 fully saturated rings. The molecule has 0 bridgehead atoms. The van der Waals surface area contributed by atoms with E-state index in [1.807, 2.05) is 6.92 Å². The predicted octanol–water partition coefficient (Wildman–Crippen LogP) is 3.35. The highest BCUT2D eigenvalue weighted by atomic mass is 32.2. The maximum Gasteiger partial charge on any atom is 0.339 e. The van der Waals surface area contributed by atoms with Gasteiger partial charge in [0, 0.05) is 6.42 Å². The van der Waals surface area contributed by atoms with Crippen molar-refractivity contribution >= 4 is 22.1 Å². The molecule has 0 unspecified atom stereocenters. The molecule has 0 saturated heterocycles. The maximum absolute atomic E-state index is 12.8. The second kappa shape index (κ2) is 8.97. The summed E-state index contributed by atoms with van der Waals surface area (Å²) in [6.07, 6.45) is -0.210. The first-order valence-electron chi connectivity index (χ1n) is 9.61. The molecule has 0 heterocycles. The third kappa shape index (κ3) is 4.88. The Morgan fingerprint density at radius 2 is 1.57 bits per heavy atom. The molecule has 0 N–H and O–H groups in total. The van der Waals surface area contributed by atoms with Crippen LogP contribution in [-0.2, 0) is 28.6 Å². The van der Waals surface area contributed by atoms with Crippen LogP contribution in [0.15, 0.2) is 65.6 Å². The van der Waals surface area contributed by atoms with Gasteiger partial charge < -0.3 is 9.47 Å². The number of hydrogen-bond donors (Lipinski definition) is 0. The minimum absolute atomic E-state index is 0.0654. The van der Waals surface area contributed by atoms with Gasteiger partial charge in [-0.05, 0) is 43.0 Å². The second-order valence-corrected chi connectivity index (χ2v) is 9.03. The third-order valence-electron chi connectivity index (χ3n) is 5.04. The van der Waals surface area contributed by atoms with Gasteiger partial charge in [-0.25, -0.2) is 13.8 Å². The summed E-state index contributed by atoms with van der Waals surface area (Å²) in [6, 6.07) is 16.0. The topological polar surface area (TPSA) is 96.0 Å². The summed E-state index contributed by atoms with van der Waals surface area (Å²) >= 11 is 0. The van der Waals surface area contributed by atoms with E-state index in [1.165, 1.54) is 19.2 Å². The lowest BCUT2D eigenvalue weighted by molar-refractivity contribution is -0.167. The Kier molecular flexibility index (Phi) is 6.58. The molecule has 8 heteroatoms. The number of hydrogen-bond acceptors (Lipinski definition) is 7. The fraction of sp³-hybridized carbons (Fsp3) is 0.364. The van der Waals surface area contributed by atoms with Crippen molar-refractivity contribution in [2.75, 3.05) is 7.11 Å². The summed E-state index contributed by atoms with van der Waals surface area (Å²) < 4.78 is 41.7. The van der Waals surface area contributed by atoms with Gasteiger partial charge in [-0.3, -0.25) is 0 Å². The Hall–Kier alpha value is -2.71. The molecular formula is C22H24O7S. The minimum atomic E-state index is -4.24. The van der Waals surface area contributed by atoms with Crippen LogP contribution in [0.1, 0.15) is 36.5 Å². The molecule has 30 heavy (non-hydrogen) atoms. The fourth-order valence-electron chi connectivity index (χ4n) is 3.81. The van der Waals surface area contributed by atoms with Crippen LogP contribution in [-0.4, -0.2) is 39.2 Å². The molecule has 1 saturated carbocycles. The number of carbonyl (C=O) groups excluding carboxylic acids is 2. The number of benzene rings is 2. The lowest BCUT2D eigenvalue weighted by Crippen LogP contribution is -2.51. The highest BCUT2D eigenvalue weighted by molar-refractivity contribution is 7.86. The fourth-order valence-corrected chi connectivity index (χ4v) is 5.02. The Morgan fingerprint density at radius 3 is 2.17 bits per heavy atom. The first kappa shape index (κ1) is 22.0. The summed E-state index contributed by atoms with van der Waals surface area (Å²) in [4.78, 5) is 25.1. The summed E-state index contributed by atoms with van der Waals surface area (Å²) in [7, 11) is -3.07. The van der Waals surface area contributed by atoms with Crippen molar-refractivity contribution in [3.63, 3.8) is 0 Å². The highest BCUT2D eigenvalue weighted by Crippen LogP contribution is 2.40. The maximum atomic E-state index is 12.8. The van der Waals surface area contributed by atoms with Crippen LogP contribution in [0.2, 0.25) is 0 Å². The minimum Gasteiger partial charge on any atom is -0.467 e. The van der Waals surface area contributed by atoms with Crippen LogP contribution in [0.3, 0.4) is 0 Å². The van der Waals surface area contributed by atoms with Gasteiger partial charge in [0.25, 0.3) is 10.1 Å². The lowest BCUT2D eigenvalue weighted by atomic mass is 9.77. The number of rotatable bonds is 6. The number of methoxy groups -OCH3 is 1. The number of ether oxygens (including phenoxy) is 2. The molecule has 3 rings (SSSR count). The van der Waals surface area contributed by atoms with E-state index in [9.17, 15) is 18.0 Å². The van der Waals surface area contributed by atoms with Crippen molar-refractivity contribution in [1.82, 2.24) is 0 Å². The van der Waals surface area contributed by atoms with Crippen molar-refractivity contribution in [3.8, 4) is 0 Å². The highest BCUT2D eigenvalue weighted by Gasteiger charge is 2.51. The zero-order valence-electron chi connectivity index (χ0n) is 16.8. The van der Waals surface area contributed by atoms with E-state index in [0.29, 0.717) is 12.0 Å². The van der Waals surface area contributed by atoms with Gasteiger partial charge in [0.15, 0.2) is 5.60 Å². The van der Waals surface area contributed by atoms with Crippen LogP contribution in [0, 0.1) is 5.92 Å². The zero-order valence-corrected chi connectivity index (χ0v) is 17.6. The smallest absolute Gasteiger partial charge is 0.339 e. The predicted molar refractivity (Wildman–Crippen MR) is 108 cm³/mol. The van der Waals surface area contributed by atoms with Crippen LogP contribution in [0.4, 0.5) is 0 Å². The first-order chi connectivity index (χ1) is 14.3. The quantitative estimate of drug-likeness (QED) is 0.510. The van der Waals surface area contributed by atoms with Crippen molar-refractivity contribution in [2.24, 2.45) is 5.92 Å². The molecule has 160 valence electrons. The molecule has 0 aliphatic heterocycles.